The Hall–Kier alpha value is -2.77. The maximum absolute atomic E-state index is 13.4. The van der Waals surface area contributed by atoms with E-state index in [-0.39, 0.29) is 11.3 Å². The van der Waals surface area contributed by atoms with Gasteiger partial charge in [-0.25, -0.2) is 8.78 Å². The van der Waals surface area contributed by atoms with Gasteiger partial charge >= 0.3 is 0 Å². The van der Waals surface area contributed by atoms with Crippen molar-refractivity contribution in [2.75, 3.05) is 7.11 Å². The molecule has 5 nitrogen and oxygen atoms in total. The van der Waals surface area contributed by atoms with Crippen LogP contribution in [0.25, 0.3) is 0 Å². The van der Waals surface area contributed by atoms with Gasteiger partial charge in [-0.15, -0.1) is 0 Å². The van der Waals surface area contributed by atoms with Gasteiger partial charge in [0.15, 0.2) is 5.78 Å². The summed E-state index contributed by atoms with van der Waals surface area (Å²) >= 11 is 0. The first-order valence-electron chi connectivity index (χ1n) is 17.4. The molecule has 2 aromatic carbocycles. The van der Waals surface area contributed by atoms with Crippen molar-refractivity contribution in [2.45, 2.75) is 146 Å². The predicted molar refractivity (Wildman–Crippen MR) is 196 cm³/mol. The van der Waals surface area contributed by atoms with E-state index in [1.54, 1.807) is 38.6 Å². The number of hydrogen-bond donors (Lipinski definition) is 1. The van der Waals surface area contributed by atoms with E-state index in [0.717, 1.165) is 18.4 Å². The molecule has 0 saturated heterocycles. The molecule has 1 N–H and O–H groups in total. The number of rotatable bonds is 13. The summed E-state index contributed by atoms with van der Waals surface area (Å²) in [6, 6.07) is 12.4. The average molecular weight is 646 g/mol. The second kappa shape index (κ2) is 28.5. The van der Waals surface area contributed by atoms with Crippen LogP contribution in [0.5, 0.6) is 0 Å². The summed E-state index contributed by atoms with van der Waals surface area (Å²) in [5.41, 5.74) is 4.46. The Morgan fingerprint density at radius 3 is 2.02 bits per heavy atom. The SMILES string of the molecule is C/C=N\N=C/C.CC.CC.CCC(=O)c1cc(CNC(C)C2CCC2)cc(C(F)F)c1CC.CCC(Cc1cccc(C)c1)OC. The van der Waals surface area contributed by atoms with Crippen molar-refractivity contribution in [1.82, 2.24) is 5.32 Å². The van der Waals surface area contributed by atoms with Gasteiger partial charge in [-0.3, -0.25) is 4.79 Å². The summed E-state index contributed by atoms with van der Waals surface area (Å²) in [5.74, 6) is 0.633. The lowest BCUT2D eigenvalue weighted by molar-refractivity contribution is 0.0985. The van der Waals surface area contributed by atoms with Crippen molar-refractivity contribution in [3.63, 3.8) is 0 Å². The van der Waals surface area contributed by atoms with Crippen LogP contribution in [0.3, 0.4) is 0 Å². The Labute approximate surface area is 280 Å². The van der Waals surface area contributed by atoms with Crippen LogP contribution in [0.2, 0.25) is 0 Å². The Morgan fingerprint density at radius 1 is 1.00 bits per heavy atom. The van der Waals surface area contributed by atoms with Crippen LogP contribution < -0.4 is 5.32 Å². The third kappa shape index (κ3) is 17.8. The summed E-state index contributed by atoms with van der Waals surface area (Å²) in [6.07, 6.45) is 7.75. The lowest BCUT2D eigenvalue weighted by Gasteiger charge is -2.32. The van der Waals surface area contributed by atoms with Crippen molar-refractivity contribution in [2.24, 2.45) is 16.1 Å². The maximum Gasteiger partial charge on any atom is 0.264 e. The number of methoxy groups -OCH3 is 1. The van der Waals surface area contributed by atoms with Gasteiger partial charge in [0.2, 0.25) is 0 Å². The van der Waals surface area contributed by atoms with Crippen molar-refractivity contribution >= 4 is 18.2 Å². The molecule has 1 fully saturated rings. The van der Waals surface area contributed by atoms with Gasteiger partial charge in [0.25, 0.3) is 6.43 Å². The summed E-state index contributed by atoms with van der Waals surface area (Å²) in [7, 11) is 1.78. The first kappa shape index (κ1) is 45.4. The minimum atomic E-state index is -2.54. The molecule has 0 amide bonds. The maximum atomic E-state index is 13.4. The van der Waals surface area contributed by atoms with Crippen LogP contribution in [-0.4, -0.2) is 37.5 Å². The molecule has 0 aliphatic heterocycles. The molecule has 7 heteroatoms. The van der Waals surface area contributed by atoms with Gasteiger partial charge < -0.3 is 10.1 Å². The van der Waals surface area contributed by atoms with Gasteiger partial charge in [-0.2, -0.15) is 10.2 Å². The van der Waals surface area contributed by atoms with E-state index in [1.807, 2.05) is 48.5 Å². The number of carbonyl (C=O) groups excluding carboxylic acids is 1. The number of aryl methyl sites for hydroxylation is 1. The number of ether oxygens (including phenoxy) is 1. The Balaban J connectivity index is 0. The van der Waals surface area contributed by atoms with E-state index in [1.165, 1.54) is 30.4 Å². The molecule has 1 aliphatic rings. The van der Waals surface area contributed by atoms with E-state index in [2.05, 4.69) is 60.6 Å². The predicted octanol–water partition coefficient (Wildman–Crippen LogP) is 11.2. The topological polar surface area (TPSA) is 63.0 Å². The number of alkyl halides is 2. The molecule has 0 aromatic heterocycles. The van der Waals surface area contributed by atoms with Crippen LogP contribution in [0.1, 0.15) is 146 Å². The second-order valence-electron chi connectivity index (χ2n) is 10.7. The van der Waals surface area contributed by atoms with E-state index in [4.69, 9.17) is 4.74 Å². The van der Waals surface area contributed by atoms with E-state index >= 15 is 0 Å². The van der Waals surface area contributed by atoms with Crippen LogP contribution in [0.15, 0.2) is 46.6 Å². The summed E-state index contributed by atoms with van der Waals surface area (Å²) in [5, 5.41) is 10.5. The fraction of sp³-hybridized carbons (Fsp3) is 0.615. The highest BCUT2D eigenvalue weighted by molar-refractivity contribution is 5.97. The summed E-state index contributed by atoms with van der Waals surface area (Å²) in [6.45, 7) is 22.2. The molecule has 2 aromatic rings. The van der Waals surface area contributed by atoms with Gasteiger partial charge in [0.1, 0.15) is 0 Å². The minimum absolute atomic E-state index is 0.0138. The third-order valence-corrected chi connectivity index (χ3v) is 7.67. The third-order valence-electron chi connectivity index (χ3n) is 7.67. The highest BCUT2D eigenvalue weighted by Crippen LogP contribution is 2.31. The number of hydrogen-bond acceptors (Lipinski definition) is 5. The molecule has 0 bridgehead atoms. The Morgan fingerprint density at radius 2 is 1.61 bits per heavy atom. The van der Waals surface area contributed by atoms with Crippen molar-refractivity contribution in [3.05, 3.63) is 69.8 Å². The first-order chi connectivity index (χ1) is 22.1. The molecule has 262 valence electrons. The molecular weight excluding hydrogens is 580 g/mol. The number of nitrogens with one attached hydrogen (secondary N) is 1. The fourth-order valence-electron chi connectivity index (χ4n) is 4.90. The van der Waals surface area contributed by atoms with Crippen LogP contribution in [-0.2, 0) is 24.1 Å². The summed E-state index contributed by atoms with van der Waals surface area (Å²) in [4.78, 5) is 12.2. The van der Waals surface area contributed by atoms with E-state index in [9.17, 15) is 13.6 Å². The molecule has 0 heterocycles. The van der Waals surface area contributed by atoms with Crippen molar-refractivity contribution in [1.29, 1.82) is 0 Å². The molecular formula is C39H65F2N3O2. The molecule has 1 saturated carbocycles. The standard InChI is InChI=1S/C19H27F2NO.C12H18O.C4H8N2.2C2H6/c1-4-15-16(18(23)5-2)9-13(10-17(15)19(20)21)11-22-12(3)14-7-6-8-14;1-4-12(13-3)9-11-7-5-6-10(2)8-11;1-3-5-6-4-2;2*1-2/h9-10,12,14,19,22H,4-8,11H2,1-3H3;5-8,12H,4,9H2,1-3H3;3-4H,1-2H3;2*1-2H3/b;;5-3-,6-4-;;. The van der Waals surface area contributed by atoms with Gasteiger partial charge in [0, 0.05) is 49.7 Å². The molecule has 0 spiro atoms. The van der Waals surface area contributed by atoms with Gasteiger partial charge in [-0.1, -0.05) is 84.7 Å². The van der Waals surface area contributed by atoms with Gasteiger partial charge in [-0.05, 0) is 94.5 Å². The largest absolute Gasteiger partial charge is 0.381 e. The number of nitrogens with zero attached hydrogens (tertiary/aromatic N) is 2. The zero-order valence-electron chi connectivity index (χ0n) is 31.1. The normalized spacial score (nSPS) is 13.6. The fourth-order valence-corrected chi connectivity index (χ4v) is 4.90. The number of benzene rings is 2. The molecule has 0 radical (unpaired) electrons. The molecule has 2 unspecified atom stereocenters. The highest BCUT2D eigenvalue weighted by Gasteiger charge is 2.24. The zero-order chi connectivity index (χ0) is 35.5. The van der Waals surface area contributed by atoms with Gasteiger partial charge in [0.05, 0.1) is 6.10 Å². The average Bonchev–Trinajstić information content (AvgIpc) is 3.06. The lowest BCUT2D eigenvalue weighted by atomic mass is 9.80. The smallest absolute Gasteiger partial charge is 0.264 e. The first-order valence-corrected chi connectivity index (χ1v) is 17.4. The molecule has 46 heavy (non-hydrogen) atoms. The lowest BCUT2D eigenvalue weighted by Crippen LogP contribution is -2.36. The second-order valence-corrected chi connectivity index (χ2v) is 10.7. The number of halogens is 2. The number of Topliss-reactive ketones (excluding diaryl/α,β-unsaturated/α-hetero) is 1. The molecule has 1 aliphatic carbocycles. The summed E-state index contributed by atoms with van der Waals surface area (Å²) < 4.78 is 32.1. The van der Waals surface area contributed by atoms with E-state index < -0.39 is 6.43 Å². The van der Waals surface area contributed by atoms with Crippen LogP contribution >= 0.6 is 0 Å². The van der Waals surface area contributed by atoms with Crippen LogP contribution in [0, 0.1) is 12.8 Å². The monoisotopic (exact) mass is 646 g/mol. The minimum Gasteiger partial charge on any atom is -0.381 e. The van der Waals surface area contributed by atoms with Crippen LogP contribution in [0.4, 0.5) is 8.78 Å². The Bertz CT molecular complexity index is 1100. The number of ketones is 1. The number of carbonyl (C=O) groups is 1. The van der Waals surface area contributed by atoms with Crippen molar-refractivity contribution < 1.29 is 18.3 Å². The molecule has 2 atom stereocenters. The van der Waals surface area contributed by atoms with Crippen molar-refractivity contribution in [3.8, 4) is 0 Å². The quantitative estimate of drug-likeness (QED) is 0.134. The van der Waals surface area contributed by atoms with E-state index in [0.29, 0.717) is 48.6 Å². The highest BCUT2D eigenvalue weighted by atomic mass is 19.3. The molecule has 3 rings (SSSR count). The Kier molecular flexibility index (Phi) is 28.1. The zero-order valence-corrected chi connectivity index (χ0v) is 31.1.